The number of aliphatic hydroxyl groups is 1. The summed E-state index contributed by atoms with van der Waals surface area (Å²) in [6.45, 7) is 0. The van der Waals surface area contributed by atoms with Gasteiger partial charge in [-0.15, -0.1) is 0 Å². The Morgan fingerprint density at radius 1 is 1.08 bits per heavy atom. The smallest absolute Gasteiger partial charge is 0.216 e. The number of fused-ring (bicyclic) bond motifs is 2. The van der Waals surface area contributed by atoms with Crippen molar-refractivity contribution in [2.75, 3.05) is 0 Å². The van der Waals surface area contributed by atoms with Gasteiger partial charge in [0.25, 0.3) is 0 Å². The maximum Gasteiger partial charge on any atom is 0.216 e. The molecular weight excluding hydrogens is 321 g/mol. The lowest BCUT2D eigenvalue weighted by molar-refractivity contribution is -0.105. The number of benzene rings is 1. The van der Waals surface area contributed by atoms with E-state index in [-0.39, 0.29) is 17.1 Å². The van der Waals surface area contributed by atoms with Gasteiger partial charge >= 0.3 is 0 Å². The number of aliphatic hydroxyl groups excluding tert-OH is 1. The van der Waals surface area contributed by atoms with E-state index in [1.54, 1.807) is 24.4 Å². The van der Waals surface area contributed by atoms with Crippen molar-refractivity contribution in [3.05, 3.63) is 59.4 Å². The first kappa shape index (κ1) is 15.8. The molecule has 1 aliphatic heterocycles. The van der Waals surface area contributed by atoms with Crippen molar-refractivity contribution in [1.29, 1.82) is 0 Å². The fourth-order valence-electron chi connectivity index (χ4n) is 4.21. The molecule has 1 saturated carbocycles. The molecule has 4 rings (SSSR count). The molecule has 0 unspecified atom stereocenters. The van der Waals surface area contributed by atoms with E-state index in [2.05, 4.69) is 0 Å². The van der Waals surface area contributed by atoms with Gasteiger partial charge in [-0.3, -0.25) is 9.59 Å². The van der Waals surface area contributed by atoms with Crippen LogP contribution in [0, 0.1) is 5.82 Å². The Kier molecular flexibility index (Phi) is 3.60. The molecule has 0 atom stereocenters. The van der Waals surface area contributed by atoms with Crippen LogP contribution in [0.3, 0.4) is 0 Å². The molecule has 0 saturated heterocycles. The SMILES string of the molecule is O=CC1=C(O)C2(CCCCC2)n2ccc(-c3ccc(F)cc3)c2C1=O. The van der Waals surface area contributed by atoms with Gasteiger partial charge in [-0.25, -0.2) is 4.39 Å². The Bertz CT molecular complexity index is 886. The van der Waals surface area contributed by atoms with Gasteiger partial charge < -0.3 is 9.67 Å². The van der Waals surface area contributed by atoms with Crippen LogP contribution in [0.1, 0.15) is 42.6 Å². The summed E-state index contributed by atoms with van der Waals surface area (Å²) in [5.74, 6) is -0.938. The number of hydrogen-bond donors (Lipinski definition) is 1. The Morgan fingerprint density at radius 3 is 2.40 bits per heavy atom. The van der Waals surface area contributed by atoms with E-state index in [0.29, 0.717) is 35.9 Å². The Morgan fingerprint density at radius 2 is 1.76 bits per heavy atom. The predicted molar refractivity (Wildman–Crippen MR) is 90.9 cm³/mol. The number of allylic oxidation sites excluding steroid dienone is 2. The largest absolute Gasteiger partial charge is 0.509 e. The number of halogens is 1. The second kappa shape index (κ2) is 5.69. The Labute approximate surface area is 144 Å². The van der Waals surface area contributed by atoms with Crippen molar-refractivity contribution in [3.8, 4) is 11.1 Å². The quantitative estimate of drug-likeness (QED) is 0.660. The van der Waals surface area contributed by atoms with Crippen LogP contribution in [0.2, 0.25) is 0 Å². The van der Waals surface area contributed by atoms with E-state index in [4.69, 9.17) is 0 Å². The molecule has 128 valence electrons. The predicted octanol–water partition coefficient (Wildman–Crippen LogP) is 4.16. The summed E-state index contributed by atoms with van der Waals surface area (Å²) in [6, 6.07) is 7.72. The maximum atomic E-state index is 13.2. The number of rotatable bonds is 2. The number of carbonyl (C=O) groups excluding carboxylic acids is 2. The Hall–Kier alpha value is -2.69. The number of nitrogens with zero attached hydrogens (tertiary/aromatic N) is 1. The van der Waals surface area contributed by atoms with Crippen LogP contribution in [0.4, 0.5) is 4.39 Å². The third kappa shape index (κ3) is 2.18. The van der Waals surface area contributed by atoms with Gasteiger partial charge in [-0.1, -0.05) is 31.4 Å². The highest BCUT2D eigenvalue weighted by Gasteiger charge is 2.46. The highest BCUT2D eigenvalue weighted by Crippen LogP contribution is 2.46. The molecule has 1 aliphatic carbocycles. The van der Waals surface area contributed by atoms with Crippen LogP contribution >= 0.6 is 0 Å². The standard InChI is InChI=1S/C20H18FNO3/c21-14-6-4-13(5-7-14)15-8-11-22-17(15)18(24)16(12-23)19(25)20(22)9-2-1-3-10-20/h4-8,11-12,25H,1-3,9-10H2. The summed E-state index contributed by atoms with van der Waals surface area (Å²) < 4.78 is 15.1. The van der Waals surface area contributed by atoms with Crippen LogP contribution in [0.5, 0.6) is 0 Å². The fourth-order valence-corrected chi connectivity index (χ4v) is 4.21. The van der Waals surface area contributed by atoms with Crippen molar-refractivity contribution < 1.29 is 19.1 Å². The van der Waals surface area contributed by atoms with Crippen LogP contribution < -0.4 is 0 Å². The van der Waals surface area contributed by atoms with Crippen molar-refractivity contribution in [2.24, 2.45) is 0 Å². The van der Waals surface area contributed by atoms with Gasteiger partial charge in [0.2, 0.25) is 5.78 Å². The number of hydrogen-bond acceptors (Lipinski definition) is 3. The highest BCUT2D eigenvalue weighted by molar-refractivity contribution is 6.23. The average molecular weight is 339 g/mol. The minimum absolute atomic E-state index is 0.110. The normalized spacial score (nSPS) is 19.2. The minimum Gasteiger partial charge on any atom is -0.509 e. The second-order valence-corrected chi connectivity index (χ2v) is 6.76. The molecule has 1 aromatic heterocycles. The number of aldehydes is 1. The zero-order valence-corrected chi connectivity index (χ0v) is 13.7. The highest BCUT2D eigenvalue weighted by atomic mass is 19.1. The van der Waals surface area contributed by atoms with Crippen LogP contribution in [0.25, 0.3) is 11.1 Å². The van der Waals surface area contributed by atoms with Gasteiger partial charge in [0.05, 0.1) is 5.69 Å². The topological polar surface area (TPSA) is 59.3 Å². The van der Waals surface area contributed by atoms with Gasteiger partial charge in [-0.05, 0) is 36.6 Å². The van der Waals surface area contributed by atoms with Gasteiger partial charge in [-0.2, -0.15) is 0 Å². The molecule has 0 amide bonds. The van der Waals surface area contributed by atoms with Crippen LogP contribution in [-0.4, -0.2) is 21.7 Å². The summed E-state index contributed by atoms with van der Waals surface area (Å²) in [4.78, 5) is 24.4. The van der Waals surface area contributed by atoms with Gasteiger partial charge in [0.1, 0.15) is 22.7 Å². The molecule has 1 spiro atoms. The zero-order chi connectivity index (χ0) is 17.6. The van der Waals surface area contributed by atoms with Crippen molar-refractivity contribution in [1.82, 2.24) is 4.57 Å². The first-order chi connectivity index (χ1) is 12.1. The maximum absolute atomic E-state index is 13.2. The van der Waals surface area contributed by atoms with Crippen molar-refractivity contribution >= 4 is 12.1 Å². The number of aromatic nitrogens is 1. The summed E-state index contributed by atoms with van der Waals surface area (Å²) in [6.07, 6.45) is 6.55. The van der Waals surface area contributed by atoms with E-state index in [0.717, 1.165) is 19.3 Å². The summed E-state index contributed by atoms with van der Waals surface area (Å²) in [5, 5.41) is 10.7. The number of carbonyl (C=O) groups is 2. The number of ketones is 1. The van der Waals surface area contributed by atoms with E-state index in [1.807, 2.05) is 4.57 Å². The third-order valence-corrected chi connectivity index (χ3v) is 5.46. The molecule has 25 heavy (non-hydrogen) atoms. The van der Waals surface area contributed by atoms with Crippen molar-refractivity contribution in [2.45, 2.75) is 37.6 Å². The van der Waals surface area contributed by atoms with Crippen molar-refractivity contribution in [3.63, 3.8) is 0 Å². The second-order valence-electron chi connectivity index (χ2n) is 6.76. The van der Waals surface area contributed by atoms with E-state index in [9.17, 15) is 19.1 Å². The summed E-state index contributed by atoms with van der Waals surface area (Å²) in [7, 11) is 0. The molecule has 0 bridgehead atoms. The van der Waals surface area contributed by atoms with E-state index >= 15 is 0 Å². The zero-order valence-electron chi connectivity index (χ0n) is 13.7. The molecular formula is C20H18FNO3. The molecule has 1 fully saturated rings. The molecule has 5 heteroatoms. The first-order valence-corrected chi connectivity index (χ1v) is 8.50. The van der Waals surface area contributed by atoms with Gasteiger partial charge in [0, 0.05) is 11.8 Å². The van der Waals surface area contributed by atoms with Crippen LogP contribution in [-0.2, 0) is 10.3 Å². The summed E-state index contributed by atoms with van der Waals surface area (Å²) >= 11 is 0. The van der Waals surface area contributed by atoms with Crippen LogP contribution in [0.15, 0.2) is 47.9 Å². The molecule has 4 nitrogen and oxygen atoms in total. The lowest BCUT2D eigenvalue weighted by Crippen LogP contribution is -2.44. The Balaban J connectivity index is 1.95. The summed E-state index contributed by atoms with van der Waals surface area (Å²) in [5.41, 5.74) is 0.878. The third-order valence-electron chi connectivity index (χ3n) is 5.46. The fraction of sp³-hybridized carbons (Fsp3) is 0.300. The lowest BCUT2D eigenvalue weighted by atomic mass is 9.75. The van der Waals surface area contributed by atoms with Gasteiger partial charge in [0.15, 0.2) is 6.29 Å². The molecule has 1 N–H and O–H groups in total. The average Bonchev–Trinajstić information content (AvgIpc) is 3.08. The minimum atomic E-state index is -0.726. The van der Waals surface area contributed by atoms with E-state index < -0.39 is 11.3 Å². The first-order valence-electron chi connectivity index (χ1n) is 8.50. The molecule has 2 heterocycles. The molecule has 2 aliphatic rings. The molecule has 2 aromatic rings. The van der Waals surface area contributed by atoms with E-state index in [1.165, 1.54) is 12.1 Å². The lowest BCUT2D eigenvalue weighted by Gasteiger charge is -2.42. The monoisotopic (exact) mass is 339 g/mol. The number of Topliss-reactive ketones (excluding diaryl/α,β-unsaturated/α-hetero) is 1. The molecule has 1 aromatic carbocycles. The molecule has 0 radical (unpaired) electrons.